The number of nitrogens with zero attached hydrogens (tertiary/aromatic N) is 1. The van der Waals surface area contributed by atoms with Crippen LogP contribution in [-0.4, -0.2) is 50.2 Å². The van der Waals surface area contributed by atoms with E-state index in [2.05, 4.69) is 5.32 Å². The van der Waals surface area contributed by atoms with E-state index in [0.717, 1.165) is 19.5 Å². The van der Waals surface area contributed by atoms with Crippen molar-refractivity contribution in [1.82, 2.24) is 10.2 Å². The molecule has 2 aliphatic heterocycles. The van der Waals surface area contributed by atoms with Crippen molar-refractivity contribution in [2.75, 3.05) is 27.3 Å². The van der Waals surface area contributed by atoms with Crippen LogP contribution in [0.15, 0.2) is 18.2 Å². The average molecular weight is 327 g/mol. The summed E-state index contributed by atoms with van der Waals surface area (Å²) in [6.45, 7) is 1.62. The van der Waals surface area contributed by atoms with Gasteiger partial charge in [0.05, 0.1) is 14.2 Å². The highest BCUT2D eigenvalue weighted by Gasteiger charge is 2.31. The minimum absolute atomic E-state index is 0. The second-order valence-corrected chi connectivity index (χ2v) is 5.75. The monoisotopic (exact) mass is 326 g/mol. The van der Waals surface area contributed by atoms with Crippen molar-refractivity contribution in [3.63, 3.8) is 0 Å². The lowest BCUT2D eigenvalue weighted by atomic mass is 10.1. The predicted octanol–water partition coefficient (Wildman–Crippen LogP) is 2.09. The Balaban J connectivity index is 0.00000176. The summed E-state index contributed by atoms with van der Waals surface area (Å²) in [5, 5.41) is 3.59. The van der Waals surface area contributed by atoms with Crippen LogP contribution >= 0.6 is 12.4 Å². The molecule has 0 saturated carbocycles. The third-order valence-corrected chi connectivity index (χ3v) is 4.44. The maximum Gasteiger partial charge on any atom is 0.254 e. The molecule has 0 spiro atoms. The van der Waals surface area contributed by atoms with Crippen molar-refractivity contribution < 1.29 is 14.3 Å². The van der Waals surface area contributed by atoms with Gasteiger partial charge in [-0.1, -0.05) is 0 Å². The van der Waals surface area contributed by atoms with Crippen LogP contribution in [0.2, 0.25) is 0 Å². The van der Waals surface area contributed by atoms with Gasteiger partial charge in [0.1, 0.15) is 0 Å². The van der Waals surface area contributed by atoms with E-state index in [1.807, 2.05) is 4.90 Å². The van der Waals surface area contributed by atoms with Crippen LogP contribution in [0.25, 0.3) is 0 Å². The zero-order valence-electron chi connectivity index (χ0n) is 13.0. The molecule has 1 aromatic rings. The van der Waals surface area contributed by atoms with Crippen molar-refractivity contribution in [1.29, 1.82) is 0 Å². The van der Waals surface area contributed by atoms with E-state index in [9.17, 15) is 4.79 Å². The van der Waals surface area contributed by atoms with Gasteiger partial charge in [0.2, 0.25) is 0 Å². The van der Waals surface area contributed by atoms with Crippen LogP contribution in [-0.2, 0) is 0 Å². The molecular weight excluding hydrogens is 304 g/mol. The minimum Gasteiger partial charge on any atom is -0.493 e. The molecule has 122 valence electrons. The fourth-order valence-corrected chi connectivity index (χ4v) is 3.28. The van der Waals surface area contributed by atoms with Crippen LogP contribution in [0.4, 0.5) is 0 Å². The second-order valence-electron chi connectivity index (χ2n) is 5.75. The van der Waals surface area contributed by atoms with Gasteiger partial charge in [-0.05, 0) is 37.5 Å². The molecule has 1 amide bonds. The van der Waals surface area contributed by atoms with Crippen LogP contribution in [0, 0.1) is 0 Å². The van der Waals surface area contributed by atoms with E-state index in [-0.39, 0.29) is 18.3 Å². The van der Waals surface area contributed by atoms with Gasteiger partial charge in [0.25, 0.3) is 5.91 Å². The standard InChI is InChI=1S/C16H22N2O3.ClH/c1-20-14-6-3-11(9-15(14)21-2)16(19)18-8-7-12-4-5-13(10-18)17-12;/h3,6,9,12-13,17H,4-5,7-8,10H2,1-2H3;1H. The van der Waals surface area contributed by atoms with Gasteiger partial charge in [-0.25, -0.2) is 0 Å². The van der Waals surface area contributed by atoms with E-state index >= 15 is 0 Å². The van der Waals surface area contributed by atoms with E-state index < -0.39 is 0 Å². The Morgan fingerprint density at radius 1 is 1.14 bits per heavy atom. The first-order valence-electron chi connectivity index (χ1n) is 7.48. The zero-order valence-corrected chi connectivity index (χ0v) is 13.8. The summed E-state index contributed by atoms with van der Waals surface area (Å²) in [7, 11) is 3.18. The molecule has 6 heteroatoms. The molecule has 3 rings (SSSR count). The van der Waals surface area contributed by atoms with E-state index in [1.165, 1.54) is 12.8 Å². The topological polar surface area (TPSA) is 50.8 Å². The fourth-order valence-electron chi connectivity index (χ4n) is 3.28. The predicted molar refractivity (Wildman–Crippen MR) is 87.3 cm³/mol. The molecule has 1 aromatic carbocycles. The smallest absolute Gasteiger partial charge is 0.254 e. The number of nitrogens with one attached hydrogen (secondary N) is 1. The molecule has 2 saturated heterocycles. The molecule has 2 aliphatic rings. The van der Waals surface area contributed by atoms with Gasteiger partial charge in [-0.15, -0.1) is 12.4 Å². The molecule has 2 fully saturated rings. The van der Waals surface area contributed by atoms with Crippen molar-refractivity contribution in [3.8, 4) is 11.5 Å². The summed E-state index contributed by atoms with van der Waals surface area (Å²) in [5.74, 6) is 1.31. The van der Waals surface area contributed by atoms with Crippen LogP contribution in [0.1, 0.15) is 29.6 Å². The highest BCUT2D eigenvalue weighted by atomic mass is 35.5. The quantitative estimate of drug-likeness (QED) is 0.924. The lowest BCUT2D eigenvalue weighted by Gasteiger charge is -2.24. The number of hydrogen-bond donors (Lipinski definition) is 1. The van der Waals surface area contributed by atoms with Gasteiger partial charge < -0.3 is 19.7 Å². The lowest BCUT2D eigenvalue weighted by molar-refractivity contribution is 0.0747. The lowest BCUT2D eigenvalue weighted by Crippen LogP contribution is -2.39. The molecule has 0 radical (unpaired) electrons. The molecule has 2 bridgehead atoms. The summed E-state index contributed by atoms with van der Waals surface area (Å²) in [6.07, 6.45) is 3.44. The van der Waals surface area contributed by atoms with Crippen molar-refractivity contribution in [2.24, 2.45) is 0 Å². The molecular formula is C16H23ClN2O3. The Labute approximate surface area is 137 Å². The second kappa shape index (κ2) is 7.20. The number of likely N-dealkylation sites (tertiary alicyclic amines) is 1. The van der Waals surface area contributed by atoms with Crippen LogP contribution < -0.4 is 14.8 Å². The third-order valence-electron chi connectivity index (χ3n) is 4.44. The Hall–Kier alpha value is -1.46. The molecule has 22 heavy (non-hydrogen) atoms. The normalized spacial score (nSPS) is 23.5. The maximum atomic E-state index is 12.7. The molecule has 0 aromatic heterocycles. The third kappa shape index (κ3) is 3.31. The highest BCUT2D eigenvalue weighted by molar-refractivity contribution is 5.95. The molecule has 0 aliphatic carbocycles. The first-order chi connectivity index (χ1) is 10.2. The average Bonchev–Trinajstić information content (AvgIpc) is 2.85. The number of ether oxygens (including phenoxy) is 2. The number of carbonyl (C=O) groups excluding carboxylic acids is 1. The molecule has 2 unspecified atom stereocenters. The van der Waals surface area contributed by atoms with Gasteiger partial charge in [0.15, 0.2) is 11.5 Å². The Kier molecular flexibility index (Phi) is 5.53. The summed E-state index contributed by atoms with van der Waals surface area (Å²) >= 11 is 0. The largest absolute Gasteiger partial charge is 0.493 e. The van der Waals surface area contributed by atoms with E-state index in [4.69, 9.17) is 9.47 Å². The van der Waals surface area contributed by atoms with E-state index in [1.54, 1.807) is 32.4 Å². The first kappa shape index (κ1) is 16.9. The molecule has 2 atom stereocenters. The molecule has 1 N–H and O–H groups in total. The number of hydrogen-bond acceptors (Lipinski definition) is 4. The number of rotatable bonds is 3. The highest BCUT2D eigenvalue weighted by Crippen LogP contribution is 2.29. The van der Waals surface area contributed by atoms with Gasteiger partial charge in [-0.3, -0.25) is 4.79 Å². The van der Waals surface area contributed by atoms with Crippen molar-refractivity contribution in [3.05, 3.63) is 23.8 Å². The number of halogens is 1. The first-order valence-corrected chi connectivity index (χ1v) is 7.48. The number of fused-ring (bicyclic) bond motifs is 2. The number of benzene rings is 1. The van der Waals surface area contributed by atoms with E-state index in [0.29, 0.717) is 29.1 Å². The Bertz CT molecular complexity index is 538. The summed E-state index contributed by atoms with van der Waals surface area (Å²) in [4.78, 5) is 14.7. The number of amides is 1. The molecule has 2 heterocycles. The fraction of sp³-hybridized carbons (Fsp3) is 0.562. The summed E-state index contributed by atoms with van der Waals surface area (Å²) < 4.78 is 10.5. The van der Waals surface area contributed by atoms with Gasteiger partial charge in [0, 0.05) is 30.7 Å². The van der Waals surface area contributed by atoms with Crippen LogP contribution in [0.5, 0.6) is 11.5 Å². The molecule has 5 nitrogen and oxygen atoms in total. The van der Waals surface area contributed by atoms with Crippen molar-refractivity contribution in [2.45, 2.75) is 31.3 Å². The summed E-state index contributed by atoms with van der Waals surface area (Å²) in [6, 6.07) is 6.38. The Morgan fingerprint density at radius 2 is 1.86 bits per heavy atom. The maximum absolute atomic E-state index is 12.7. The van der Waals surface area contributed by atoms with Gasteiger partial charge in [-0.2, -0.15) is 0 Å². The minimum atomic E-state index is 0. The van der Waals surface area contributed by atoms with Crippen molar-refractivity contribution >= 4 is 18.3 Å². The zero-order chi connectivity index (χ0) is 14.8. The summed E-state index contributed by atoms with van der Waals surface area (Å²) in [5.41, 5.74) is 0.658. The number of methoxy groups -OCH3 is 2. The number of carbonyl (C=O) groups is 1. The van der Waals surface area contributed by atoms with Crippen LogP contribution in [0.3, 0.4) is 0 Å². The Morgan fingerprint density at radius 3 is 2.59 bits per heavy atom. The van der Waals surface area contributed by atoms with Gasteiger partial charge >= 0.3 is 0 Å². The SMILES string of the molecule is COc1ccc(C(=O)N2CCC3CCC(C2)N3)cc1OC.Cl.